The number of ether oxygens (including phenoxy) is 1. The quantitative estimate of drug-likeness (QED) is 0.303. The van der Waals surface area contributed by atoms with Crippen LogP contribution in [0, 0.1) is 34.1 Å². The SMILES string of the molecule is COc1ccc(NS(=O)(=O)c2cc([N+](=O)[O-])ccc2C)c(NS(=O)(=O)c2cc([N+](=O)[O-])ccc2C)c1. The van der Waals surface area contributed by atoms with Crippen LogP contribution < -0.4 is 14.2 Å². The Balaban J connectivity index is 2.08. The molecule has 0 radical (unpaired) electrons. The minimum atomic E-state index is -4.43. The zero-order chi connectivity index (χ0) is 26.8. The van der Waals surface area contributed by atoms with Crippen LogP contribution in [0.15, 0.2) is 64.4 Å². The monoisotopic (exact) mass is 536 g/mol. The van der Waals surface area contributed by atoms with Crippen molar-refractivity contribution in [2.75, 3.05) is 16.6 Å². The number of nitro benzene ring substituents is 2. The van der Waals surface area contributed by atoms with E-state index in [0.29, 0.717) is 0 Å². The second-order valence-electron chi connectivity index (χ2n) is 7.54. The van der Waals surface area contributed by atoms with Crippen molar-refractivity contribution < 1.29 is 31.4 Å². The summed E-state index contributed by atoms with van der Waals surface area (Å²) in [5, 5.41) is 22.2. The van der Waals surface area contributed by atoms with Crippen LogP contribution in [0.4, 0.5) is 22.7 Å². The van der Waals surface area contributed by atoms with E-state index in [0.717, 1.165) is 24.3 Å². The highest BCUT2D eigenvalue weighted by atomic mass is 32.2. The lowest BCUT2D eigenvalue weighted by Gasteiger charge is -2.17. The number of non-ortho nitro benzene ring substituents is 2. The number of methoxy groups -OCH3 is 1. The molecular formula is C21H20N4O9S2. The number of nitro groups is 2. The van der Waals surface area contributed by atoms with Crippen molar-refractivity contribution >= 4 is 42.8 Å². The summed E-state index contributed by atoms with van der Waals surface area (Å²) < 4.78 is 62.0. The molecule has 3 aromatic rings. The van der Waals surface area contributed by atoms with Gasteiger partial charge in [-0.3, -0.25) is 29.7 Å². The second-order valence-corrected chi connectivity index (χ2v) is 10.8. The van der Waals surface area contributed by atoms with E-state index in [1.54, 1.807) is 0 Å². The van der Waals surface area contributed by atoms with Gasteiger partial charge in [-0.1, -0.05) is 12.1 Å². The standard InChI is InChI=1S/C21H20N4O9S2/c1-13-4-6-15(24(26)27)10-20(13)35(30,31)22-18-9-8-17(34-3)12-19(18)23-36(32,33)21-11-16(25(28)29)7-5-14(21)2/h4-12,22-23H,1-3H3. The highest BCUT2D eigenvalue weighted by Gasteiger charge is 2.25. The van der Waals surface area contributed by atoms with Crippen molar-refractivity contribution in [3.63, 3.8) is 0 Å². The Morgan fingerprint density at radius 1 is 0.694 bits per heavy atom. The normalized spacial score (nSPS) is 11.5. The average Bonchev–Trinajstić information content (AvgIpc) is 2.79. The second kappa shape index (κ2) is 9.79. The van der Waals surface area contributed by atoms with Gasteiger partial charge in [-0.05, 0) is 37.1 Å². The molecule has 190 valence electrons. The van der Waals surface area contributed by atoms with E-state index in [1.807, 2.05) is 0 Å². The highest BCUT2D eigenvalue weighted by molar-refractivity contribution is 7.93. The first kappa shape index (κ1) is 26.4. The summed E-state index contributed by atoms with van der Waals surface area (Å²) in [6.07, 6.45) is 0. The van der Waals surface area contributed by atoms with Gasteiger partial charge < -0.3 is 4.74 Å². The van der Waals surface area contributed by atoms with E-state index in [9.17, 15) is 37.1 Å². The van der Waals surface area contributed by atoms with Crippen LogP contribution in [0.3, 0.4) is 0 Å². The van der Waals surface area contributed by atoms with Gasteiger partial charge in [-0.15, -0.1) is 0 Å². The molecular weight excluding hydrogens is 516 g/mol. The molecule has 0 unspecified atom stereocenters. The van der Waals surface area contributed by atoms with Gasteiger partial charge in [0.05, 0.1) is 38.1 Å². The van der Waals surface area contributed by atoms with Crippen molar-refractivity contribution in [1.29, 1.82) is 0 Å². The molecule has 0 atom stereocenters. The van der Waals surface area contributed by atoms with Gasteiger partial charge in [0.15, 0.2) is 0 Å². The minimum absolute atomic E-state index is 0.179. The Hall–Kier alpha value is -4.24. The number of sulfonamides is 2. The summed E-state index contributed by atoms with van der Waals surface area (Å²) in [6, 6.07) is 10.4. The molecule has 3 rings (SSSR count). The smallest absolute Gasteiger partial charge is 0.270 e. The Kier molecular flexibility index (Phi) is 7.17. The molecule has 0 spiro atoms. The molecule has 0 heterocycles. The maximum atomic E-state index is 13.1. The number of nitrogens with zero attached hydrogens (tertiary/aromatic N) is 2. The summed E-state index contributed by atoms with van der Waals surface area (Å²) in [4.78, 5) is 20.0. The van der Waals surface area contributed by atoms with Crippen LogP contribution in [-0.4, -0.2) is 33.8 Å². The number of nitrogens with one attached hydrogen (secondary N) is 2. The third-order valence-electron chi connectivity index (χ3n) is 5.06. The minimum Gasteiger partial charge on any atom is -0.497 e. The van der Waals surface area contributed by atoms with Gasteiger partial charge in [-0.25, -0.2) is 16.8 Å². The highest BCUT2D eigenvalue weighted by Crippen LogP contribution is 2.33. The number of rotatable bonds is 9. The van der Waals surface area contributed by atoms with E-state index < -0.39 is 41.3 Å². The van der Waals surface area contributed by atoms with E-state index in [4.69, 9.17) is 4.74 Å². The maximum Gasteiger partial charge on any atom is 0.270 e. The fraction of sp³-hybridized carbons (Fsp3) is 0.143. The number of hydrogen-bond acceptors (Lipinski definition) is 9. The van der Waals surface area contributed by atoms with Crippen molar-refractivity contribution in [3.05, 3.63) is 86.0 Å². The zero-order valence-electron chi connectivity index (χ0n) is 19.1. The first-order valence-corrected chi connectivity index (χ1v) is 13.0. The lowest BCUT2D eigenvalue weighted by molar-refractivity contribution is -0.385. The average molecular weight is 537 g/mol. The molecule has 36 heavy (non-hydrogen) atoms. The first-order valence-electron chi connectivity index (χ1n) is 9.99. The fourth-order valence-electron chi connectivity index (χ4n) is 3.21. The van der Waals surface area contributed by atoms with Gasteiger partial charge >= 0.3 is 0 Å². The first-order chi connectivity index (χ1) is 16.7. The molecule has 15 heteroatoms. The number of anilines is 2. The molecule has 0 aromatic heterocycles. The zero-order valence-corrected chi connectivity index (χ0v) is 20.7. The Labute approximate surface area is 206 Å². The molecule has 0 amide bonds. The number of hydrogen-bond donors (Lipinski definition) is 2. The molecule has 0 aliphatic rings. The lowest BCUT2D eigenvalue weighted by atomic mass is 10.2. The molecule has 0 fully saturated rings. The van der Waals surface area contributed by atoms with Crippen molar-refractivity contribution in [2.24, 2.45) is 0 Å². The molecule has 0 saturated heterocycles. The van der Waals surface area contributed by atoms with Crippen LogP contribution in [0.5, 0.6) is 5.75 Å². The Morgan fingerprint density at radius 3 is 1.56 bits per heavy atom. The van der Waals surface area contributed by atoms with E-state index in [-0.39, 0.29) is 38.0 Å². The summed E-state index contributed by atoms with van der Waals surface area (Å²) in [5.74, 6) is 0.179. The molecule has 0 bridgehead atoms. The topological polar surface area (TPSA) is 188 Å². The predicted octanol–water partition coefficient (Wildman–Crippen LogP) is 3.73. The van der Waals surface area contributed by atoms with Crippen LogP contribution in [-0.2, 0) is 20.0 Å². The Morgan fingerprint density at radius 2 is 1.14 bits per heavy atom. The summed E-state index contributed by atoms with van der Waals surface area (Å²) in [5.41, 5.74) is -0.923. The van der Waals surface area contributed by atoms with E-state index in [1.165, 1.54) is 51.3 Å². The third-order valence-corrected chi connectivity index (χ3v) is 8.07. The molecule has 0 aliphatic carbocycles. The van der Waals surface area contributed by atoms with Crippen molar-refractivity contribution in [2.45, 2.75) is 23.6 Å². The molecule has 13 nitrogen and oxygen atoms in total. The molecule has 0 aliphatic heterocycles. The Bertz CT molecular complexity index is 1590. The van der Waals surface area contributed by atoms with Crippen LogP contribution >= 0.6 is 0 Å². The predicted molar refractivity (Wildman–Crippen MR) is 130 cm³/mol. The summed E-state index contributed by atoms with van der Waals surface area (Å²) in [7, 11) is -7.52. The van der Waals surface area contributed by atoms with E-state index >= 15 is 0 Å². The van der Waals surface area contributed by atoms with Crippen molar-refractivity contribution in [3.8, 4) is 5.75 Å². The van der Waals surface area contributed by atoms with Crippen LogP contribution in [0.1, 0.15) is 11.1 Å². The number of aryl methyl sites for hydroxylation is 2. The van der Waals surface area contributed by atoms with E-state index in [2.05, 4.69) is 9.44 Å². The van der Waals surface area contributed by atoms with Crippen molar-refractivity contribution in [1.82, 2.24) is 0 Å². The number of benzene rings is 3. The van der Waals surface area contributed by atoms with Gasteiger partial charge in [0.25, 0.3) is 31.4 Å². The van der Waals surface area contributed by atoms with Crippen LogP contribution in [0.25, 0.3) is 0 Å². The van der Waals surface area contributed by atoms with Gasteiger partial charge in [0.2, 0.25) is 0 Å². The maximum absolute atomic E-state index is 13.1. The van der Waals surface area contributed by atoms with Gasteiger partial charge in [-0.2, -0.15) is 0 Å². The fourth-order valence-corrected chi connectivity index (χ4v) is 5.89. The summed E-state index contributed by atoms with van der Waals surface area (Å²) >= 11 is 0. The third kappa shape index (κ3) is 5.52. The molecule has 3 aromatic carbocycles. The molecule has 0 saturated carbocycles. The molecule has 2 N–H and O–H groups in total. The largest absolute Gasteiger partial charge is 0.497 e. The van der Waals surface area contributed by atoms with Gasteiger partial charge in [0.1, 0.15) is 5.75 Å². The lowest BCUT2D eigenvalue weighted by Crippen LogP contribution is -2.19. The van der Waals surface area contributed by atoms with Gasteiger partial charge in [0, 0.05) is 30.3 Å². The summed E-state index contributed by atoms with van der Waals surface area (Å²) in [6.45, 7) is 2.89. The van der Waals surface area contributed by atoms with Crippen LogP contribution in [0.2, 0.25) is 0 Å².